The van der Waals surface area contributed by atoms with Gasteiger partial charge in [-0.3, -0.25) is 10.3 Å². The molecule has 0 saturated carbocycles. The minimum absolute atomic E-state index is 0.497. The second kappa shape index (κ2) is 2.70. The molecule has 0 spiro atoms. The Morgan fingerprint density at radius 2 is 2.54 bits per heavy atom. The summed E-state index contributed by atoms with van der Waals surface area (Å²) < 4.78 is 2.10. The third kappa shape index (κ3) is 1.03. The van der Waals surface area contributed by atoms with Gasteiger partial charge in [-0.05, 0) is 19.4 Å². The molecule has 1 N–H and O–H groups in total. The molecule has 1 aromatic heterocycles. The molecular weight excluding hydrogens is 166 g/mol. The van der Waals surface area contributed by atoms with E-state index in [1.807, 2.05) is 6.33 Å². The summed E-state index contributed by atoms with van der Waals surface area (Å²) in [6.45, 7) is 2.25. The molecule has 0 bridgehead atoms. The third-order valence-corrected chi connectivity index (χ3v) is 2.82. The van der Waals surface area contributed by atoms with Crippen molar-refractivity contribution in [3.05, 3.63) is 12.2 Å². The van der Waals surface area contributed by atoms with Gasteiger partial charge in [0.05, 0.1) is 6.17 Å². The van der Waals surface area contributed by atoms with E-state index in [1.165, 1.54) is 6.42 Å². The lowest BCUT2D eigenvalue weighted by Crippen LogP contribution is -2.59. The molecule has 2 aliphatic rings. The van der Waals surface area contributed by atoms with Crippen molar-refractivity contribution in [1.29, 1.82) is 0 Å². The second-order valence-corrected chi connectivity index (χ2v) is 3.62. The van der Waals surface area contributed by atoms with Gasteiger partial charge in [0.15, 0.2) is 5.82 Å². The van der Waals surface area contributed by atoms with E-state index in [4.69, 9.17) is 0 Å². The molecule has 1 saturated heterocycles. The molecule has 2 aliphatic heterocycles. The van der Waals surface area contributed by atoms with E-state index in [9.17, 15) is 0 Å². The van der Waals surface area contributed by atoms with Gasteiger partial charge in [0, 0.05) is 13.0 Å². The monoisotopic (exact) mass is 179 g/mol. The average Bonchev–Trinajstić information content (AvgIpc) is 2.65. The number of fused-ring (bicyclic) bond motifs is 3. The van der Waals surface area contributed by atoms with E-state index in [0.717, 1.165) is 31.8 Å². The highest BCUT2D eigenvalue weighted by Crippen LogP contribution is 2.16. The van der Waals surface area contributed by atoms with Crippen LogP contribution in [0.15, 0.2) is 6.33 Å². The zero-order valence-electron chi connectivity index (χ0n) is 7.48. The van der Waals surface area contributed by atoms with Crippen LogP contribution in [-0.2, 0) is 6.42 Å². The topological polar surface area (TPSA) is 46.0 Å². The lowest BCUT2D eigenvalue weighted by Gasteiger charge is -2.41. The molecule has 0 aromatic carbocycles. The van der Waals surface area contributed by atoms with Gasteiger partial charge in [-0.25, -0.2) is 4.68 Å². The molecule has 5 heteroatoms. The van der Waals surface area contributed by atoms with Crippen LogP contribution in [0.5, 0.6) is 0 Å². The maximum atomic E-state index is 4.09. The highest BCUT2D eigenvalue weighted by molar-refractivity contribution is 5.06. The van der Waals surface area contributed by atoms with Crippen molar-refractivity contribution in [2.45, 2.75) is 25.4 Å². The van der Waals surface area contributed by atoms with Gasteiger partial charge in [0.25, 0.3) is 0 Å². The van der Waals surface area contributed by atoms with Gasteiger partial charge >= 0.3 is 0 Å². The Morgan fingerprint density at radius 3 is 3.54 bits per heavy atom. The molecule has 1 fully saturated rings. The van der Waals surface area contributed by atoms with Gasteiger partial charge < -0.3 is 0 Å². The number of aromatic nitrogens is 3. The number of hydrogen-bond acceptors (Lipinski definition) is 4. The Hall–Kier alpha value is -1.10. The van der Waals surface area contributed by atoms with Crippen molar-refractivity contribution < 1.29 is 0 Å². The molecule has 1 atom stereocenters. The van der Waals surface area contributed by atoms with Crippen molar-refractivity contribution >= 4 is 0 Å². The van der Waals surface area contributed by atoms with Crippen LogP contribution in [-0.4, -0.2) is 34.1 Å². The van der Waals surface area contributed by atoms with Crippen LogP contribution in [0.3, 0.4) is 0 Å². The van der Waals surface area contributed by atoms with Crippen LogP contribution in [0.4, 0.5) is 0 Å². The number of nitrogens with zero attached hydrogens (tertiary/aromatic N) is 4. The highest BCUT2D eigenvalue weighted by atomic mass is 15.6. The van der Waals surface area contributed by atoms with Crippen molar-refractivity contribution in [3.8, 4) is 0 Å². The standard InChI is InChI=1S/C8H13N5/c1-4-9-7-2-3-8-11-10-6-13(8)12(7)5-1/h6-7,9H,1-5H2. The van der Waals surface area contributed by atoms with Crippen LogP contribution in [0.25, 0.3) is 0 Å². The summed E-state index contributed by atoms with van der Waals surface area (Å²) >= 11 is 0. The molecule has 3 rings (SSSR count). The number of rotatable bonds is 0. The van der Waals surface area contributed by atoms with E-state index in [0.29, 0.717) is 6.17 Å². The SMILES string of the molecule is c1nnc2n1N1CCCNC1CC2. The number of hydrogen-bond donors (Lipinski definition) is 1. The van der Waals surface area contributed by atoms with E-state index < -0.39 is 0 Å². The molecule has 0 amide bonds. The van der Waals surface area contributed by atoms with Crippen LogP contribution < -0.4 is 10.3 Å². The maximum Gasteiger partial charge on any atom is 0.152 e. The molecule has 5 nitrogen and oxygen atoms in total. The Labute approximate surface area is 76.7 Å². The first-order valence-electron chi connectivity index (χ1n) is 4.84. The second-order valence-electron chi connectivity index (χ2n) is 3.62. The Bertz CT molecular complexity index is 307. The van der Waals surface area contributed by atoms with Gasteiger partial charge in [0.1, 0.15) is 6.33 Å². The zero-order chi connectivity index (χ0) is 8.67. The fraction of sp³-hybridized carbons (Fsp3) is 0.750. The molecule has 0 aliphatic carbocycles. The first kappa shape index (κ1) is 7.32. The summed E-state index contributed by atoms with van der Waals surface area (Å²) in [5.41, 5.74) is 0. The van der Waals surface area contributed by atoms with Gasteiger partial charge in [-0.2, -0.15) is 0 Å². The lowest BCUT2D eigenvalue weighted by molar-refractivity contribution is 0.305. The minimum atomic E-state index is 0.497. The fourth-order valence-corrected chi connectivity index (χ4v) is 2.18. The normalized spacial score (nSPS) is 26.8. The van der Waals surface area contributed by atoms with Crippen molar-refractivity contribution in [3.63, 3.8) is 0 Å². The zero-order valence-corrected chi connectivity index (χ0v) is 7.48. The van der Waals surface area contributed by atoms with Crippen molar-refractivity contribution in [1.82, 2.24) is 20.2 Å². The predicted molar refractivity (Wildman–Crippen MR) is 47.8 cm³/mol. The number of aryl methyl sites for hydroxylation is 1. The van der Waals surface area contributed by atoms with Gasteiger partial charge in [0.2, 0.25) is 0 Å². The fourth-order valence-electron chi connectivity index (χ4n) is 2.18. The maximum absolute atomic E-state index is 4.09. The third-order valence-electron chi connectivity index (χ3n) is 2.82. The molecule has 1 aromatic rings. The molecule has 3 heterocycles. The van der Waals surface area contributed by atoms with Gasteiger partial charge in [-0.1, -0.05) is 0 Å². The minimum Gasteiger partial charge on any atom is -0.296 e. The lowest BCUT2D eigenvalue weighted by atomic mass is 10.1. The molecular formula is C8H13N5. The van der Waals surface area contributed by atoms with Crippen molar-refractivity contribution in [2.75, 3.05) is 18.1 Å². The van der Waals surface area contributed by atoms with Crippen molar-refractivity contribution in [2.24, 2.45) is 0 Å². The summed E-state index contributed by atoms with van der Waals surface area (Å²) in [4.78, 5) is 0. The van der Waals surface area contributed by atoms with Crippen LogP contribution >= 0.6 is 0 Å². The van der Waals surface area contributed by atoms with E-state index in [1.54, 1.807) is 0 Å². The van der Waals surface area contributed by atoms with E-state index in [2.05, 4.69) is 25.2 Å². The summed E-state index contributed by atoms with van der Waals surface area (Å²) in [6.07, 6.45) is 5.70. The Balaban J connectivity index is 1.97. The molecule has 70 valence electrons. The van der Waals surface area contributed by atoms with Gasteiger partial charge in [-0.15, -0.1) is 10.2 Å². The van der Waals surface area contributed by atoms with Crippen LogP contribution in [0, 0.1) is 0 Å². The predicted octanol–water partition coefficient (Wildman–Crippen LogP) is -0.518. The largest absolute Gasteiger partial charge is 0.296 e. The molecule has 1 unspecified atom stereocenters. The summed E-state index contributed by atoms with van der Waals surface area (Å²) in [5, 5.41) is 13.9. The number of nitrogens with one attached hydrogen (secondary N) is 1. The van der Waals surface area contributed by atoms with Crippen LogP contribution in [0.1, 0.15) is 18.7 Å². The summed E-state index contributed by atoms with van der Waals surface area (Å²) in [6, 6.07) is 0. The van der Waals surface area contributed by atoms with E-state index >= 15 is 0 Å². The Morgan fingerprint density at radius 1 is 1.54 bits per heavy atom. The first-order chi connectivity index (χ1) is 6.45. The smallest absolute Gasteiger partial charge is 0.152 e. The first-order valence-corrected chi connectivity index (χ1v) is 4.84. The summed E-state index contributed by atoms with van der Waals surface area (Å²) in [7, 11) is 0. The van der Waals surface area contributed by atoms with Crippen LogP contribution in [0.2, 0.25) is 0 Å². The molecule has 0 radical (unpaired) electrons. The highest BCUT2D eigenvalue weighted by Gasteiger charge is 2.28. The van der Waals surface area contributed by atoms with E-state index in [-0.39, 0.29) is 0 Å². The quantitative estimate of drug-likeness (QED) is 0.582. The Kier molecular flexibility index (Phi) is 1.52. The summed E-state index contributed by atoms with van der Waals surface area (Å²) in [5.74, 6) is 1.10. The average molecular weight is 179 g/mol. The molecule has 13 heavy (non-hydrogen) atoms.